The second-order valence-corrected chi connectivity index (χ2v) is 7.91. The highest BCUT2D eigenvalue weighted by molar-refractivity contribution is 5.54. The van der Waals surface area contributed by atoms with E-state index in [-0.39, 0.29) is 11.5 Å². The van der Waals surface area contributed by atoms with Crippen molar-refractivity contribution in [3.63, 3.8) is 0 Å². The monoisotopic (exact) mass is 368 g/mol. The van der Waals surface area contributed by atoms with Crippen LogP contribution in [-0.2, 0) is 12.8 Å². The van der Waals surface area contributed by atoms with Gasteiger partial charge in [0.25, 0.3) is 5.56 Å². The van der Waals surface area contributed by atoms with Gasteiger partial charge in [-0.05, 0) is 45.4 Å². The largest absolute Gasteiger partial charge is 0.356 e. The first-order valence-electron chi connectivity index (χ1n) is 9.91. The zero-order valence-electron chi connectivity index (χ0n) is 16.5. The van der Waals surface area contributed by atoms with Crippen LogP contribution in [0.1, 0.15) is 54.4 Å². The van der Waals surface area contributed by atoms with Gasteiger partial charge in [-0.25, -0.2) is 9.97 Å². The molecule has 1 N–H and O–H groups in total. The van der Waals surface area contributed by atoms with Gasteiger partial charge in [0, 0.05) is 44.7 Å². The fraction of sp³-hybridized carbons (Fsp3) is 0.600. The number of rotatable bonds is 3. The molecule has 1 unspecified atom stereocenters. The first kappa shape index (κ1) is 17.9. The Bertz CT molecular complexity index is 891. The lowest BCUT2D eigenvalue weighted by Crippen LogP contribution is -2.37. The Hall–Kier alpha value is -2.44. The summed E-state index contributed by atoms with van der Waals surface area (Å²) in [6.07, 6.45) is 6.64. The molecule has 2 aromatic heterocycles. The first-order chi connectivity index (χ1) is 13.0. The molecule has 3 heterocycles. The molecule has 7 heteroatoms. The molecule has 0 bridgehead atoms. The molecule has 1 saturated heterocycles. The summed E-state index contributed by atoms with van der Waals surface area (Å²) in [7, 11) is 3.99. The van der Waals surface area contributed by atoms with Crippen LogP contribution in [-0.4, -0.2) is 47.1 Å². The molecule has 2 aromatic rings. The van der Waals surface area contributed by atoms with E-state index in [2.05, 4.69) is 14.9 Å². The van der Waals surface area contributed by atoms with Crippen LogP contribution in [0.3, 0.4) is 0 Å². The molecule has 0 spiro atoms. The van der Waals surface area contributed by atoms with E-state index < -0.39 is 0 Å². The van der Waals surface area contributed by atoms with Crippen molar-refractivity contribution in [1.29, 1.82) is 0 Å². The van der Waals surface area contributed by atoms with Crippen LogP contribution >= 0.6 is 0 Å². The average molecular weight is 368 g/mol. The number of nitrogens with one attached hydrogen (secondary N) is 1. The van der Waals surface area contributed by atoms with Gasteiger partial charge in [0.05, 0.1) is 11.4 Å². The molecule has 0 aromatic carbocycles. The SMILES string of the molecule is Cc1nc(C2CCCN(c3nc(N(C)C)nc4c3CCCC4)C2)cc(=O)[nH]1. The topological polar surface area (TPSA) is 78.0 Å². The lowest BCUT2D eigenvalue weighted by atomic mass is 9.92. The van der Waals surface area contributed by atoms with Crippen molar-refractivity contribution < 1.29 is 0 Å². The van der Waals surface area contributed by atoms with Gasteiger partial charge in [0.2, 0.25) is 5.95 Å². The average Bonchev–Trinajstić information content (AvgIpc) is 2.66. The summed E-state index contributed by atoms with van der Waals surface area (Å²) in [6, 6.07) is 1.65. The van der Waals surface area contributed by atoms with E-state index in [4.69, 9.17) is 9.97 Å². The summed E-state index contributed by atoms with van der Waals surface area (Å²) in [5.74, 6) is 2.83. The van der Waals surface area contributed by atoms with Crippen molar-refractivity contribution in [2.75, 3.05) is 37.0 Å². The molecule has 1 aliphatic heterocycles. The highest BCUT2D eigenvalue weighted by atomic mass is 16.1. The molecule has 0 saturated carbocycles. The Morgan fingerprint density at radius 1 is 1.15 bits per heavy atom. The summed E-state index contributed by atoms with van der Waals surface area (Å²) in [5.41, 5.74) is 3.37. The van der Waals surface area contributed by atoms with Gasteiger partial charge >= 0.3 is 0 Å². The Kier molecular flexibility index (Phi) is 4.85. The van der Waals surface area contributed by atoms with Gasteiger partial charge in [-0.1, -0.05) is 0 Å². The van der Waals surface area contributed by atoms with Crippen molar-refractivity contribution in [3.05, 3.63) is 39.2 Å². The Morgan fingerprint density at radius 2 is 1.96 bits per heavy atom. The number of piperidine rings is 1. The van der Waals surface area contributed by atoms with Crippen molar-refractivity contribution in [2.45, 2.75) is 51.4 Å². The van der Waals surface area contributed by atoms with E-state index in [9.17, 15) is 4.79 Å². The predicted molar refractivity (Wildman–Crippen MR) is 107 cm³/mol. The number of aryl methyl sites for hydroxylation is 2. The number of hydrogen-bond donors (Lipinski definition) is 1. The van der Waals surface area contributed by atoms with Crippen LogP contribution in [0.25, 0.3) is 0 Å². The van der Waals surface area contributed by atoms with E-state index >= 15 is 0 Å². The standard InChI is InChI=1S/C20H28N6O/c1-13-21-17(11-18(27)22-13)14-7-6-10-26(12-14)19-15-8-4-5-9-16(15)23-20(24-19)25(2)3/h11,14H,4-10,12H2,1-3H3,(H,21,22,27). The zero-order chi connectivity index (χ0) is 19.0. The number of H-pyrrole nitrogens is 1. The summed E-state index contributed by atoms with van der Waals surface area (Å²) in [5, 5.41) is 0. The number of aromatic amines is 1. The predicted octanol–water partition coefficient (Wildman–Crippen LogP) is 2.20. The zero-order valence-corrected chi connectivity index (χ0v) is 16.5. The van der Waals surface area contributed by atoms with E-state index in [1.807, 2.05) is 25.9 Å². The van der Waals surface area contributed by atoms with Crippen LogP contribution in [0.5, 0.6) is 0 Å². The highest BCUT2D eigenvalue weighted by Crippen LogP contribution is 2.34. The third-order valence-electron chi connectivity index (χ3n) is 5.57. The molecule has 0 amide bonds. The van der Waals surface area contributed by atoms with Crippen molar-refractivity contribution in [1.82, 2.24) is 19.9 Å². The van der Waals surface area contributed by atoms with Crippen molar-refractivity contribution >= 4 is 11.8 Å². The second-order valence-electron chi connectivity index (χ2n) is 7.91. The fourth-order valence-electron chi connectivity index (χ4n) is 4.25. The van der Waals surface area contributed by atoms with Crippen molar-refractivity contribution in [3.8, 4) is 0 Å². The van der Waals surface area contributed by atoms with Crippen LogP contribution in [0.2, 0.25) is 0 Å². The lowest BCUT2D eigenvalue weighted by molar-refractivity contribution is 0.493. The third kappa shape index (κ3) is 3.68. The minimum absolute atomic E-state index is 0.0658. The molecule has 0 radical (unpaired) electrons. The molecule has 27 heavy (non-hydrogen) atoms. The molecule has 2 aliphatic rings. The van der Waals surface area contributed by atoms with Gasteiger partial charge in [0.15, 0.2) is 0 Å². The maximum Gasteiger partial charge on any atom is 0.251 e. The summed E-state index contributed by atoms with van der Waals surface area (Å²) < 4.78 is 0. The lowest BCUT2D eigenvalue weighted by Gasteiger charge is -2.35. The molecule has 1 atom stereocenters. The van der Waals surface area contributed by atoms with Gasteiger partial charge in [0.1, 0.15) is 11.6 Å². The highest BCUT2D eigenvalue weighted by Gasteiger charge is 2.28. The Labute approximate surface area is 159 Å². The molecular weight excluding hydrogens is 340 g/mol. The summed E-state index contributed by atoms with van der Waals surface area (Å²) in [6.45, 7) is 3.69. The van der Waals surface area contributed by atoms with Gasteiger partial charge < -0.3 is 14.8 Å². The third-order valence-corrected chi connectivity index (χ3v) is 5.57. The van der Waals surface area contributed by atoms with E-state index in [1.54, 1.807) is 6.07 Å². The minimum Gasteiger partial charge on any atom is -0.356 e. The molecule has 7 nitrogen and oxygen atoms in total. The smallest absolute Gasteiger partial charge is 0.251 e. The van der Waals surface area contributed by atoms with Crippen LogP contribution in [0.15, 0.2) is 10.9 Å². The van der Waals surface area contributed by atoms with E-state index in [0.717, 1.165) is 56.2 Å². The second kappa shape index (κ2) is 7.29. The maximum atomic E-state index is 11.9. The Morgan fingerprint density at radius 3 is 2.74 bits per heavy atom. The van der Waals surface area contributed by atoms with Gasteiger partial charge in [-0.2, -0.15) is 4.98 Å². The quantitative estimate of drug-likeness (QED) is 0.895. The fourth-order valence-corrected chi connectivity index (χ4v) is 4.25. The van der Waals surface area contributed by atoms with E-state index in [1.165, 1.54) is 24.1 Å². The van der Waals surface area contributed by atoms with Crippen molar-refractivity contribution in [2.24, 2.45) is 0 Å². The van der Waals surface area contributed by atoms with E-state index in [0.29, 0.717) is 5.82 Å². The van der Waals surface area contributed by atoms with Crippen LogP contribution < -0.4 is 15.4 Å². The minimum atomic E-state index is -0.0658. The van der Waals surface area contributed by atoms with Crippen LogP contribution in [0.4, 0.5) is 11.8 Å². The van der Waals surface area contributed by atoms with Gasteiger partial charge in [-0.3, -0.25) is 4.79 Å². The maximum absolute atomic E-state index is 11.9. The number of nitrogens with zero attached hydrogens (tertiary/aromatic N) is 5. The number of fused-ring (bicyclic) bond motifs is 1. The first-order valence-corrected chi connectivity index (χ1v) is 9.91. The number of anilines is 2. The molecule has 144 valence electrons. The summed E-state index contributed by atoms with van der Waals surface area (Å²) in [4.78, 5) is 33.3. The number of aromatic nitrogens is 4. The normalized spacial score (nSPS) is 19.7. The molecule has 1 aliphatic carbocycles. The summed E-state index contributed by atoms with van der Waals surface area (Å²) >= 11 is 0. The van der Waals surface area contributed by atoms with Gasteiger partial charge in [-0.15, -0.1) is 0 Å². The van der Waals surface area contributed by atoms with Crippen LogP contribution in [0, 0.1) is 6.92 Å². The molecule has 1 fully saturated rings. The number of hydrogen-bond acceptors (Lipinski definition) is 6. The molecule has 4 rings (SSSR count). The Balaban J connectivity index is 1.68. The molecular formula is C20H28N6O.